The Morgan fingerprint density at radius 3 is 1.37 bits per heavy atom. The van der Waals surface area contributed by atoms with Gasteiger partial charge in [-0.25, -0.2) is 29.0 Å². The van der Waals surface area contributed by atoms with Gasteiger partial charge in [-0.1, -0.05) is 36.4 Å². The second-order valence-electron chi connectivity index (χ2n) is 6.93. The zero-order chi connectivity index (χ0) is 25.5. The van der Waals surface area contributed by atoms with Crippen molar-refractivity contribution in [3.63, 3.8) is 0 Å². The van der Waals surface area contributed by atoms with Gasteiger partial charge in [0.2, 0.25) is 0 Å². The molecule has 0 saturated heterocycles. The van der Waals surface area contributed by atoms with E-state index in [0.717, 1.165) is 0 Å². The number of rotatable bonds is 12. The fraction of sp³-hybridized carbons (Fsp3) is 0.304. The van der Waals surface area contributed by atoms with E-state index in [4.69, 9.17) is 9.47 Å². The zero-order valence-electron chi connectivity index (χ0n) is 19.1. The monoisotopic (exact) mass is 492 g/mol. The summed E-state index contributed by atoms with van der Waals surface area (Å²) in [4.78, 5) is 63.4. The summed E-state index contributed by atoms with van der Waals surface area (Å²) >= 11 is 0. The number of benzene rings is 2. The first-order valence-corrected chi connectivity index (χ1v) is 10.4. The Balaban J connectivity index is 1.44. The van der Waals surface area contributed by atoms with Crippen LogP contribution in [0.2, 0.25) is 0 Å². The summed E-state index contributed by atoms with van der Waals surface area (Å²) in [7, 11) is 0. The van der Waals surface area contributed by atoms with Gasteiger partial charge in [-0.05, 0) is 56.4 Å². The predicted molar refractivity (Wildman–Crippen MR) is 114 cm³/mol. The van der Waals surface area contributed by atoms with Crippen LogP contribution in [0.1, 0.15) is 51.1 Å². The molecule has 0 spiro atoms. The molecule has 0 bridgehead atoms. The SMILES string of the molecule is Cc1ccccc1C(=O)OOOC(=O)OCCCCCOC(=O)OOOC(=O)c1ccccc1C. The average molecular weight is 492 g/mol. The van der Waals surface area contributed by atoms with Crippen LogP contribution in [0.25, 0.3) is 0 Å². The molecule has 12 heteroatoms. The van der Waals surface area contributed by atoms with Gasteiger partial charge in [-0.3, -0.25) is 9.78 Å². The molecule has 2 aromatic carbocycles. The van der Waals surface area contributed by atoms with Crippen LogP contribution in [0.4, 0.5) is 9.59 Å². The highest BCUT2D eigenvalue weighted by Gasteiger charge is 2.15. The number of hydrogen-bond acceptors (Lipinski definition) is 12. The summed E-state index contributed by atoms with van der Waals surface area (Å²) in [6, 6.07) is 13.3. The van der Waals surface area contributed by atoms with Crippen molar-refractivity contribution in [2.24, 2.45) is 0 Å². The Morgan fingerprint density at radius 2 is 0.971 bits per heavy atom. The molecule has 12 nitrogen and oxygen atoms in total. The number of aryl methyl sites for hydroxylation is 2. The highest BCUT2D eigenvalue weighted by Crippen LogP contribution is 2.10. The van der Waals surface area contributed by atoms with Crippen molar-refractivity contribution in [1.29, 1.82) is 0 Å². The van der Waals surface area contributed by atoms with Crippen molar-refractivity contribution >= 4 is 24.2 Å². The molecule has 188 valence electrons. The first-order chi connectivity index (χ1) is 16.9. The molecule has 2 aromatic rings. The molecule has 0 amide bonds. The van der Waals surface area contributed by atoms with E-state index in [0.29, 0.717) is 30.4 Å². The Kier molecular flexibility index (Phi) is 11.5. The van der Waals surface area contributed by atoms with Crippen molar-refractivity contribution in [3.05, 3.63) is 70.8 Å². The van der Waals surface area contributed by atoms with Crippen LogP contribution in [0.3, 0.4) is 0 Å². The van der Waals surface area contributed by atoms with Crippen LogP contribution < -0.4 is 0 Å². The third-order valence-electron chi connectivity index (χ3n) is 4.38. The van der Waals surface area contributed by atoms with Crippen LogP contribution in [0.5, 0.6) is 0 Å². The predicted octanol–water partition coefficient (Wildman–Crippen LogP) is 4.49. The van der Waals surface area contributed by atoms with E-state index in [1.165, 1.54) is 12.1 Å². The molecular formula is C23H24O12. The first kappa shape index (κ1) is 27.1. The molecule has 0 atom stereocenters. The number of hydrogen-bond donors (Lipinski definition) is 0. The first-order valence-electron chi connectivity index (χ1n) is 10.4. The lowest BCUT2D eigenvalue weighted by atomic mass is 10.1. The summed E-state index contributed by atoms with van der Waals surface area (Å²) in [5, 5.41) is 8.26. The molecule has 0 unspecified atom stereocenters. The minimum absolute atomic E-state index is 0.0175. The summed E-state index contributed by atoms with van der Waals surface area (Å²) in [5.74, 6) is -1.66. The third-order valence-corrected chi connectivity index (χ3v) is 4.38. The van der Waals surface area contributed by atoms with Gasteiger partial charge in [0.1, 0.15) is 0 Å². The van der Waals surface area contributed by atoms with E-state index < -0.39 is 24.2 Å². The van der Waals surface area contributed by atoms with Gasteiger partial charge in [0.15, 0.2) is 0 Å². The maximum atomic E-state index is 11.8. The molecule has 35 heavy (non-hydrogen) atoms. The fourth-order valence-corrected chi connectivity index (χ4v) is 2.59. The van der Waals surface area contributed by atoms with E-state index in [9.17, 15) is 19.2 Å². The van der Waals surface area contributed by atoms with Gasteiger partial charge in [0, 0.05) is 0 Å². The Bertz CT molecular complexity index is 924. The van der Waals surface area contributed by atoms with Crippen LogP contribution >= 0.6 is 0 Å². The van der Waals surface area contributed by atoms with E-state index >= 15 is 0 Å². The molecule has 0 aromatic heterocycles. The quantitative estimate of drug-likeness (QED) is 0.178. The summed E-state index contributed by atoms with van der Waals surface area (Å²) in [5.41, 5.74) is 1.83. The maximum Gasteiger partial charge on any atom is 0.543 e. The molecule has 0 heterocycles. The van der Waals surface area contributed by atoms with Gasteiger partial charge in [-0.15, -0.1) is 0 Å². The van der Waals surface area contributed by atoms with E-state index in [-0.39, 0.29) is 24.3 Å². The number of carbonyl (C=O) groups excluding carboxylic acids is 4. The Labute approximate surface area is 200 Å². The lowest BCUT2D eigenvalue weighted by Gasteiger charge is -2.06. The lowest BCUT2D eigenvalue weighted by Crippen LogP contribution is -2.14. The number of unbranched alkanes of at least 4 members (excludes halogenated alkanes) is 2. The normalized spacial score (nSPS) is 10.1. The van der Waals surface area contributed by atoms with Crippen molar-refractivity contribution in [2.75, 3.05) is 13.2 Å². The van der Waals surface area contributed by atoms with Crippen LogP contribution in [0.15, 0.2) is 48.5 Å². The van der Waals surface area contributed by atoms with Crippen LogP contribution in [-0.4, -0.2) is 37.5 Å². The minimum Gasteiger partial charge on any atom is -0.432 e. The van der Waals surface area contributed by atoms with Crippen molar-refractivity contribution in [3.8, 4) is 0 Å². The molecule has 2 rings (SSSR count). The highest BCUT2D eigenvalue weighted by atomic mass is 17.5. The Hall–Kier alpha value is -4.16. The van der Waals surface area contributed by atoms with Crippen LogP contribution in [-0.2, 0) is 39.1 Å². The topological polar surface area (TPSA) is 142 Å². The smallest absolute Gasteiger partial charge is 0.432 e. The molecule has 0 radical (unpaired) electrons. The average Bonchev–Trinajstić information content (AvgIpc) is 2.83. The fourth-order valence-electron chi connectivity index (χ4n) is 2.59. The zero-order valence-corrected chi connectivity index (χ0v) is 19.1. The standard InChI is InChI=1S/C23H24O12/c1-16-10-4-6-12-18(16)20(24)30-34-32-22(26)28-14-8-3-9-15-29-23(27)33-35-31-21(25)19-13-7-5-11-17(19)2/h4-7,10-13H,3,8-9,14-15H2,1-2H3. The van der Waals surface area contributed by atoms with E-state index in [1.54, 1.807) is 50.2 Å². The minimum atomic E-state index is -1.19. The molecule has 0 aliphatic heterocycles. The van der Waals surface area contributed by atoms with Crippen molar-refractivity contribution in [2.45, 2.75) is 33.1 Å². The van der Waals surface area contributed by atoms with E-state index in [1.807, 2.05) is 0 Å². The van der Waals surface area contributed by atoms with Crippen molar-refractivity contribution in [1.82, 2.24) is 0 Å². The van der Waals surface area contributed by atoms with Crippen LogP contribution in [0, 0.1) is 13.8 Å². The largest absolute Gasteiger partial charge is 0.543 e. The lowest BCUT2D eigenvalue weighted by molar-refractivity contribution is -0.452. The molecule has 0 aliphatic rings. The van der Waals surface area contributed by atoms with Gasteiger partial charge in [-0.2, -0.15) is 0 Å². The molecule has 0 N–H and O–H groups in total. The number of ether oxygens (including phenoxy) is 2. The highest BCUT2D eigenvalue weighted by molar-refractivity contribution is 5.91. The van der Waals surface area contributed by atoms with Crippen molar-refractivity contribution < 1.29 is 58.3 Å². The number of carbonyl (C=O) groups is 4. The second-order valence-corrected chi connectivity index (χ2v) is 6.93. The summed E-state index contributed by atoms with van der Waals surface area (Å²) < 4.78 is 9.45. The van der Waals surface area contributed by atoms with Gasteiger partial charge in [0.05, 0.1) is 34.4 Å². The maximum absolute atomic E-state index is 11.8. The Morgan fingerprint density at radius 1 is 0.571 bits per heavy atom. The summed E-state index contributed by atoms with van der Waals surface area (Å²) in [6.07, 6.45) is -1.03. The molecule has 0 aliphatic carbocycles. The van der Waals surface area contributed by atoms with Gasteiger partial charge < -0.3 is 9.47 Å². The molecule has 0 saturated carbocycles. The van der Waals surface area contributed by atoms with Gasteiger partial charge >= 0.3 is 24.2 Å². The summed E-state index contributed by atoms with van der Waals surface area (Å²) in [6.45, 7) is 3.38. The third kappa shape index (κ3) is 10.1. The van der Waals surface area contributed by atoms with Gasteiger partial charge in [0.25, 0.3) is 0 Å². The molecular weight excluding hydrogens is 468 g/mol. The molecule has 0 fully saturated rings. The second kappa shape index (κ2) is 14.9. The van der Waals surface area contributed by atoms with E-state index in [2.05, 4.69) is 29.6 Å².